The van der Waals surface area contributed by atoms with Crippen LogP contribution in [0.3, 0.4) is 0 Å². The van der Waals surface area contributed by atoms with Crippen molar-refractivity contribution in [3.05, 3.63) is 89.5 Å². The number of hydrogen-bond acceptors (Lipinski definition) is 6. The van der Waals surface area contributed by atoms with Gasteiger partial charge in [-0.15, -0.1) is 0 Å². The average molecular weight is 443 g/mol. The predicted octanol–water partition coefficient (Wildman–Crippen LogP) is 6.49. The Morgan fingerprint density at radius 2 is 0.714 bits per heavy atom. The van der Waals surface area contributed by atoms with Gasteiger partial charge in [0.15, 0.2) is 0 Å². The Labute approximate surface area is 181 Å². The first-order chi connectivity index (χ1) is 13.7. The zero-order valence-corrected chi connectivity index (χ0v) is 17.9. The SMILES string of the molecule is S=Cc1ccc(OP(Oc2ccc(C=S)cc2)Oc2ccc(C=S)cc2)cc1. The van der Waals surface area contributed by atoms with Gasteiger partial charge in [0.2, 0.25) is 0 Å². The highest BCUT2D eigenvalue weighted by atomic mass is 32.1. The molecule has 0 aliphatic rings. The van der Waals surface area contributed by atoms with Crippen LogP contribution in [0.25, 0.3) is 0 Å². The van der Waals surface area contributed by atoms with Gasteiger partial charge in [0.25, 0.3) is 0 Å². The first-order valence-corrected chi connectivity index (χ1v) is 10.7. The number of thiocarbonyl (C=S) groups is 3. The van der Waals surface area contributed by atoms with Crippen LogP contribution in [0.4, 0.5) is 0 Å². The van der Waals surface area contributed by atoms with Crippen LogP contribution in [0.15, 0.2) is 72.8 Å². The molecule has 0 aliphatic heterocycles. The summed E-state index contributed by atoms with van der Waals surface area (Å²) < 4.78 is 17.9. The first kappa shape index (κ1) is 20.5. The monoisotopic (exact) mass is 442 g/mol. The predicted molar refractivity (Wildman–Crippen MR) is 126 cm³/mol. The molecule has 0 heterocycles. The standard InChI is InChI=1S/C21H15O3PS3/c26-13-16-1-7-19(8-2-16)22-25(23-20-9-3-17(14-27)4-10-20)24-21-11-5-18(15-28)6-12-21/h1-15H. The van der Waals surface area contributed by atoms with Gasteiger partial charge < -0.3 is 13.6 Å². The summed E-state index contributed by atoms with van der Waals surface area (Å²) in [4.78, 5) is 0. The minimum Gasteiger partial charge on any atom is -0.409 e. The molecule has 0 spiro atoms. The van der Waals surface area contributed by atoms with Gasteiger partial charge >= 0.3 is 8.60 Å². The van der Waals surface area contributed by atoms with E-state index >= 15 is 0 Å². The Kier molecular flexibility index (Phi) is 7.57. The topological polar surface area (TPSA) is 27.7 Å². The van der Waals surface area contributed by atoms with Gasteiger partial charge in [-0.25, -0.2) is 0 Å². The lowest BCUT2D eigenvalue weighted by atomic mass is 10.2. The van der Waals surface area contributed by atoms with Gasteiger partial charge in [0.1, 0.15) is 17.2 Å². The second-order valence-electron chi connectivity index (χ2n) is 5.56. The van der Waals surface area contributed by atoms with Gasteiger partial charge in [0.05, 0.1) is 0 Å². The quantitative estimate of drug-likeness (QED) is 0.278. The third-order valence-electron chi connectivity index (χ3n) is 3.59. The van der Waals surface area contributed by atoms with E-state index in [9.17, 15) is 0 Å². The van der Waals surface area contributed by atoms with Crippen molar-refractivity contribution in [1.29, 1.82) is 0 Å². The third-order valence-corrected chi connectivity index (χ3v) is 5.48. The molecule has 0 bridgehead atoms. The normalized spacial score (nSPS) is 10.2. The molecule has 0 fully saturated rings. The first-order valence-electron chi connectivity index (χ1n) is 8.20. The van der Waals surface area contributed by atoms with Crippen molar-refractivity contribution in [1.82, 2.24) is 0 Å². The van der Waals surface area contributed by atoms with Crippen LogP contribution < -0.4 is 13.6 Å². The lowest BCUT2D eigenvalue weighted by Crippen LogP contribution is -2.02. The van der Waals surface area contributed by atoms with E-state index in [0.717, 1.165) is 16.7 Å². The lowest BCUT2D eigenvalue weighted by molar-refractivity contribution is 0.388. The van der Waals surface area contributed by atoms with Crippen molar-refractivity contribution in [3.8, 4) is 17.2 Å². The van der Waals surface area contributed by atoms with Crippen molar-refractivity contribution in [2.75, 3.05) is 0 Å². The molecule has 0 unspecified atom stereocenters. The summed E-state index contributed by atoms with van der Waals surface area (Å²) in [6.07, 6.45) is 0. The van der Waals surface area contributed by atoms with Crippen LogP contribution in [0.2, 0.25) is 0 Å². The van der Waals surface area contributed by atoms with Crippen LogP contribution in [0.1, 0.15) is 16.7 Å². The molecule has 140 valence electrons. The van der Waals surface area contributed by atoms with Crippen LogP contribution in [0.5, 0.6) is 17.2 Å². The molecule has 7 heteroatoms. The van der Waals surface area contributed by atoms with Gasteiger partial charge in [-0.2, -0.15) is 0 Å². The van der Waals surface area contributed by atoms with E-state index in [-0.39, 0.29) is 0 Å². The van der Waals surface area contributed by atoms with Crippen molar-refractivity contribution < 1.29 is 13.6 Å². The molecular weight excluding hydrogens is 427 g/mol. The van der Waals surface area contributed by atoms with Crippen LogP contribution in [0, 0.1) is 0 Å². The molecule has 3 aromatic carbocycles. The molecule has 0 aliphatic carbocycles. The molecule has 3 aromatic rings. The molecule has 3 nitrogen and oxygen atoms in total. The van der Waals surface area contributed by atoms with Crippen molar-refractivity contribution in [2.24, 2.45) is 0 Å². The summed E-state index contributed by atoms with van der Waals surface area (Å²) in [5.74, 6) is 1.87. The van der Waals surface area contributed by atoms with E-state index in [1.165, 1.54) is 0 Å². The van der Waals surface area contributed by atoms with E-state index in [1.807, 2.05) is 72.8 Å². The second-order valence-corrected chi connectivity index (χ2v) is 7.26. The van der Waals surface area contributed by atoms with Gasteiger partial charge in [-0.1, -0.05) is 73.1 Å². The van der Waals surface area contributed by atoms with E-state index < -0.39 is 8.60 Å². The van der Waals surface area contributed by atoms with E-state index in [2.05, 4.69) is 0 Å². The molecule has 0 N–H and O–H groups in total. The molecular formula is C21H15O3PS3. The molecule has 0 radical (unpaired) electrons. The fourth-order valence-corrected chi connectivity index (χ4v) is 3.60. The van der Waals surface area contributed by atoms with Gasteiger partial charge in [0, 0.05) is 16.1 Å². The highest BCUT2D eigenvalue weighted by Crippen LogP contribution is 2.42. The van der Waals surface area contributed by atoms with Crippen molar-refractivity contribution in [2.45, 2.75) is 0 Å². The number of benzene rings is 3. The molecule has 0 saturated carbocycles. The fraction of sp³-hybridized carbons (Fsp3) is 0. The molecule has 3 rings (SSSR count). The van der Waals surface area contributed by atoms with Crippen LogP contribution in [-0.4, -0.2) is 16.1 Å². The maximum Gasteiger partial charge on any atom is 0.530 e. The smallest absolute Gasteiger partial charge is 0.409 e. The van der Waals surface area contributed by atoms with E-state index in [4.69, 9.17) is 50.2 Å². The summed E-state index contributed by atoms with van der Waals surface area (Å²) in [6, 6.07) is 22.2. The molecule has 0 saturated heterocycles. The summed E-state index contributed by atoms with van der Waals surface area (Å²) in [5, 5.41) is 4.82. The Balaban J connectivity index is 1.78. The summed E-state index contributed by atoms with van der Waals surface area (Å²) in [5.41, 5.74) is 2.79. The van der Waals surface area contributed by atoms with Crippen molar-refractivity contribution >= 4 is 61.4 Å². The van der Waals surface area contributed by atoms with Crippen molar-refractivity contribution in [3.63, 3.8) is 0 Å². The molecule has 0 atom stereocenters. The molecule has 0 amide bonds. The number of rotatable bonds is 9. The Morgan fingerprint density at radius 3 is 0.929 bits per heavy atom. The lowest BCUT2D eigenvalue weighted by Gasteiger charge is -2.18. The largest absolute Gasteiger partial charge is 0.530 e. The minimum absolute atomic E-state index is 0.623. The summed E-state index contributed by atoms with van der Waals surface area (Å²) in [7, 11) is -1.74. The van der Waals surface area contributed by atoms with Gasteiger partial charge in [-0.3, -0.25) is 0 Å². The average Bonchev–Trinajstić information content (AvgIpc) is 2.75. The third kappa shape index (κ3) is 5.88. The summed E-state index contributed by atoms with van der Waals surface area (Å²) >= 11 is 14.8. The Bertz CT molecular complexity index is 815. The molecule has 0 aromatic heterocycles. The Morgan fingerprint density at radius 1 is 0.464 bits per heavy atom. The second kappa shape index (κ2) is 10.3. The fourth-order valence-electron chi connectivity index (χ4n) is 2.14. The van der Waals surface area contributed by atoms with Crippen LogP contribution >= 0.6 is 45.3 Å². The minimum atomic E-state index is -1.74. The Hall–Kier alpha value is -2.24. The maximum absolute atomic E-state index is 5.95. The maximum atomic E-state index is 5.95. The highest BCUT2D eigenvalue weighted by Gasteiger charge is 2.19. The van der Waals surface area contributed by atoms with Crippen LogP contribution in [-0.2, 0) is 0 Å². The van der Waals surface area contributed by atoms with E-state index in [0.29, 0.717) is 17.2 Å². The molecule has 28 heavy (non-hydrogen) atoms. The zero-order valence-electron chi connectivity index (χ0n) is 14.6. The van der Waals surface area contributed by atoms with Gasteiger partial charge in [-0.05, 0) is 53.1 Å². The number of hydrogen-bond donors (Lipinski definition) is 0. The van der Waals surface area contributed by atoms with E-state index in [1.54, 1.807) is 16.1 Å². The zero-order chi connectivity index (χ0) is 19.8. The highest BCUT2D eigenvalue weighted by molar-refractivity contribution is 7.79. The summed E-state index contributed by atoms with van der Waals surface area (Å²) in [6.45, 7) is 0.